The number of halogens is 1. The Labute approximate surface area is 163 Å². The van der Waals surface area contributed by atoms with Crippen molar-refractivity contribution in [2.45, 2.75) is 12.5 Å². The maximum atomic E-state index is 12.8. The number of carbonyl (C=O) groups is 1. The van der Waals surface area contributed by atoms with Crippen molar-refractivity contribution in [2.75, 3.05) is 25.1 Å². The molecule has 2 aromatic rings. The molecule has 140 valence electrons. The zero-order valence-corrected chi connectivity index (χ0v) is 15.7. The molecule has 7 heteroatoms. The smallest absolute Gasteiger partial charge is 0.324 e. The van der Waals surface area contributed by atoms with Gasteiger partial charge in [0.2, 0.25) is 0 Å². The number of amides is 2. The van der Waals surface area contributed by atoms with Gasteiger partial charge in [0.05, 0.1) is 23.7 Å². The summed E-state index contributed by atoms with van der Waals surface area (Å²) in [6, 6.07) is 12.9. The number of carbonyl (C=O) groups excluding carboxylic acids is 1. The number of nitrogens with one attached hydrogen (secondary N) is 2. The number of anilines is 1. The Kier molecular flexibility index (Phi) is 5.76. The second-order valence-corrected chi connectivity index (χ2v) is 6.68. The van der Waals surface area contributed by atoms with Crippen LogP contribution < -0.4 is 9.64 Å². The van der Waals surface area contributed by atoms with Crippen LogP contribution >= 0.6 is 11.6 Å². The molecule has 27 heavy (non-hydrogen) atoms. The van der Waals surface area contributed by atoms with Gasteiger partial charge in [-0.1, -0.05) is 29.8 Å². The lowest BCUT2D eigenvalue weighted by Crippen LogP contribution is -2.31. The van der Waals surface area contributed by atoms with Crippen molar-refractivity contribution >= 4 is 35.7 Å². The van der Waals surface area contributed by atoms with E-state index in [4.69, 9.17) is 27.2 Å². The van der Waals surface area contributed by atoms with Crippen LogP contribution in [0.2, 0.25) is 5.02 Å². The van der Waals surface area contributed by atoms with Crippen molar-refractivity contribution in [3.05, 3.63) is 58.6 Å². The molecule has 2 aromatic carbocycles. The maximum absolute atomic E-state index is 12.8. The Hall–Kier alpha value is -2.86. The molecule has 2 N–H and O–H groups in total. The zero-order valence-electron chi connectivity index (χ0n) is 15.0. The largest absolute Gasteiger partial charge is 0.497 e. The Balaban J connectivity index is 1.76. The van der Waals surface area contributed by atoms with Crippen molar-refractivity contribution < 1.29 is 9.53 Å². The minimum atomic E-state index is -0.407. The van der Waals surface area contributed by atoms with E-state index < -0.39 is 5.92 Å². The number of ether oxygens (including phenoxy) is 1. The standard InChI is InChI=1S/C20H21ClN4O2/c1-27-17-4-2-3-14(9-17)13-24-7-8-25(20(24)26)19-6-5-15(10-18(19)21)16(11-22)12-23/h2-6,9-12,16,22-23H,7-8,13H2,1H3. The molecule has 2 amide bonds. The van der Waals surface area contributed by atoms with Crippen LogP contribution in [0.25, 0.3) is 0 Å². The minimum absolute atomic E-state index is 0.0943. The lowest BCUT2D eigenvalue weighted by atomic mass is 10.0. The van der Waals surface area contributed by atoms with Crippen molar-refractivity contribution in [1.29, 1.82) is 10.8 Å². The van der Waals surface area contributed by atoms with Crippen LogP contribution in [0.1, 0.15) is 17.0 Å². The molecular formula is C20H21ClN4O2. The lowest BCUT2D eigenvalue weighted by Gasteiger charge is -2.20. The van der Waals surface area contributed by atoms with Gasteiger partial charge in [0.1, 0.15) is 5.75 Å². The van der Waals surface area contributed by atoms with E-state index in [1.54, 1.807) is 35.1 Å². The average Bonchev–Trinajstić information content (AvgIpc) is 3.03. The highest BCUT2D eigenvalue weighted by Crippen LogP contribution is 2.31. The van der Waals surface area contributed by atoms with Crippen LogP contribution in [0.4, 0.5) is 10.5 Å². The highest BCUT2D eigenvalue weighted by atomic mass is 35.5. The highest BCUT2D eigenvalue weighted by Gasteiger charge is 2.31. The predicted molar refractivity (Wildman–Crippen MR) is 108 cm³/mol. The van der Waals surface area contributed by atoms with Gasteiger partial charge in [0.15, 0.2) is 0 Å². The van der Waals surface area contributed by atoms with Gasteiger partial charge in [-0.2, -0.15) is 0 Å². The van der Waals surface area contributed by atoms with Gasteiger partial charge in [-0.15, -0.1) is 0 Å². The summed E-state index contributed by atoms with van der Waals surface area (Å²) in [4.78, 5) is 16.3. The number of rotatable bonds is 7. The number of nitrogens with zero attached hydrogens (tertiary/aromatic N) is 2. The maximum Gasteiger partial charge on any atom is 0.324 e. The number of hydrogen-bond donors (Lipinski definition) is 2. The molecule has 3 rings (SSSR count). The summed E-state index contributed by atoms with van der Waals surface area (Å²) >= 11 is 6.40. The second kappa shape index (κ2) is 8.22. The van der Waals surface area contributed by atoms with E-state index in [1.807, 2.05) is 24.3 Å². The van der Waals surface area contributed by atoms with Gasteiger partial charge in [-0.3, -0.25) is 4.90 Å². The third kappa shape index (κ3) is 3.95. The van der Waals surface area contributed by atoms with Crippen LogP contribution in [-0.2, 0) is 6.54 Å². The topological polar surface area (TPSA) is 80.5 Å². The van der Waals surface area contributed by atoms with Gasteiger partial charge >= 0.3 is 6.03 Å². The summed E-state index contributed by atoms with van der Waals surface area (Å²) < 4.78 is 5.24. The van der Waals surface area contributed by atoms with E-state index in [9.17, 15) is 4.79 Å². The van der Waals surface area contributed by atoms with Crippen LogP contribution in [0, 0.1) is 10.8 Å². The summed E-state index contributed by atoms with van der Waals surface area (Å²) in [6.45, 7) is 1.67. The van der Waals surface area contributed by atoms with Crippen molar-refractivity contribution in [3.8, 4) is 5.75 Å². The van der Waals surface area contributed by atoms with E-state index in [0.717, 1.165) is 16.9 Å². The Morgan fingerprint density at radius 3 is 2.63 bits per heavy atom. The molecule has 0 atom stereocenters. The monoisotopic (exact) mass is 384 g/mol. The molecule has 0 unspecified atom stereocenters. The summed E-state index contributed by atoms with van der Waals surface area (Å²) in [7, 11) is 1.62. The van der Waals surface area contributed by atoms with Gasteiger partial charge in [-0.25, -0.2) is 4.79 Å². The molecule has 6 nitrogen and oxygen atoms in total. The Bertz CT molecular complexity index is 863. The first-order valence-electron chi connectivity index (χ1n) is 8.57. The van der Waals surface area contributed by atoms with Crippen molar-refractivity contribution in [3.63, 3.8) is 0 Å². The highest BCUT2D eigenvalue weighted by molar-refractivity contribution is 6.34. The number of hydrogen-bond acceptors (Lipinski definition) is 4. The van der Waals surface area contributed by atoms with Gasteiger partial charge < -0.3 is 20.5 Å². The molecule has 0 spiro atoms. The summed E-state index contributed by atoms with van der Waals surface area (Å²) in [6.07, 6.45) is 2.38. The van der Waals surface area contributed by atoms with Crippen molar-refractivity contribution in [2.24, 2.45) is 0 Å². The Morgan fingerprint density at radius 2 is 1.96 bits per heavy atom. The summed E-state index contributed by atoms with van der Waals surface area (Å²) in [5.41, 5.74) is 2.41. The van der Waals surface area contributed by atoms with E-state index in [1.165, 1.54) is 12.4 Å². The number of urea groups is 1. The Morgan fingerprint density at radius 1 is 1.19 bits per heavy atom. The van der Waals surface area contributed by atoms with Crippen LogP contribution in [0.15, 0.2) is 42.5 Å². The molecule has 0 bridgehead atoms. The first kappa shape index (κ1) is 18.9. The lowest BCUT2D eigenvalue weighted by molar-refractivity contribution is 0.218. The summed E-state index contributed by atoms with van der Waals surface area (Å²) in [5.74, 6) is 0.358. The molecule has 0 radical (unpaired) electrons. The van der Waals surface area contributed by atoms with E-state index >= 15 is 0 Å². The van der Waals surface area contributed by atoms with E-state index in [2.05, 4.69) is 0 Å². The minimum Gasteiger partial charge on any atom is -0.497 e. The van der Waals surface area contributed by atoms with Crippen LogP contribution in [-0.4, -0.2) is 43.6 Å². The first-order chi connectivity index (χ1) is 13.1. The van der Waals surface area contributed by atoms with Crippen molar-refractivity contribution in [1.82, 2.24) is 4.90 Å². The van der Waals surface area contributed by atoms with E-state index in [-0.39, 0.29) is 6.03 Å². The SMILES string of the molecule is COc1cccc(CN2CCN(c3ccc(C(C=N)C=N)cc3Cl)C2=O)c1. The molecule has 1 fully saturated rings. The third-order valence-corrected chi connectivity index (χ3v) is 4.91. The second-order valence-electron chi connectivity index (χ2n) is 6.28. The van der Waals surface area contributed by atoms with Gasteiger partial charge in [0, 0.05) is 32.1 Å². The number of methoxy groups -OCH3 is 1. The molecular weight excluding hydrogens is 364 g/mol. The molecule has 0 aliphatic carbocycles. The van der Waals surface area contributed by atoms with Crippen LogP contribution in [0.5, 0.6) is 5.75 Å². The average molecular weight is 385 g/mol. The zero-order chi connectivity index (χ0) is 19.4. The fourth-order valence-electron chi connectivity index (χ4n) is 3.13. The fraction of sp³-hybridized carbons (Fsp3) is 0.250. The molecule has 1 heterocycles. The van der Waals surface area contributed by atoms with Crippen LogP contribution in [0.3, 0.4) is 0 Å². The predicted octanol–water partition coefficient (Wildman–Crippen LogP) is 4.17. The van der Waals surface area contributed by atoms with Gasteiger partial charge in [0.25, 0.3) is 0 Å². The molecule has 1 aliphatic rings. The fourth-order valence-corrected chi connectivity index (χ4v) is 3.43. The first-order valence-corrected chi connectivity index (χ1v) is 8.95. The quantitative estimate of drug-likeness (QED) is 0.702. The normalized spacial score (nSPS) is 15.0. The molecule has 1 aliphatic heterocycles. The molecule has 0 aromatic heterocycles. The third-order valence-electron chi connectivity index (χ3n) is 4.61. The van der Waals surface area contributed by atoms with Gasteiger partial charge in [-0.05, 0) is 35.4 Å². The summed E-state index contributed by atoms with van der Waals surface area (Å²) in [5, 5.41) is 15.2. The number of benzene rings is 2. The molecule has 1 saturated heterocycles. The molecule has 0 saturated carbocycles. The van der Waals surface area contributed by atoms with E-state index in [0.29, 0.717) is 30.3 Å².